The van der Waals surface area contributed by atoms with Crippen LogP contribution in [0, 0.1) is 5.82 Å². The fraction of sp³-hybridized carbons (Fsp3) is 0.462. The molecule has 204 valence electrons. The Labute approximate surface area is 219 Å². The summed E-state index contributed by atoms with van der Waals surface area (Å²) < 4.78 is 48.0. The summed E-state index contributed by atoms with van der Waals surface area (Å²) in [5.41, 5.74) is -0.136. The Morgan fingerprint density at radius 1 is 1.08 bits per heavy atom. The minimum absolute atomic E-state index is 0.0131. The summed E-state index contributed by atoms with van der Waals surface area (Å²) >= 11 is 0. The van der Waals surface area contributed by atoms with E-state index < -0.39 is 40.1 Å². The van der Waals surface area contributed by atoms with Crippen LogP contribution in [-0.4, -0.2) is 68.8 Å². The van der Waals surface area contributed by atoms with Gasteiger partial charge in [-0.3, -0.25) is 9.59 Å². The molecule has 0 saturated heterocycles. The van der Waals surface area contributed by atoms with Crippen LogP contribution in [0.3, 0.4) is 0 Å². The first-order valence-corrected chi connectivity index (χ1v) is 13.3. The molecule has 37 heavy (non-hydrogen) atoms. The number of carbonyl (C=O) groups is 2. The number of anilines is 1. The van der Waals surface area contributed by atoms with E-state index in [0.717, 1.165) is 14.7 Å². The maximum atomic E-state index is 14.7. The Morgan fingerprint density at radius 2 is 1.73 bits per heavy atom. The first-order chi connectivity index (χ1) is 17.2. The molecule has 0 aliphatic carbocycles. The molecule has 0 spiro atoms. The van der Waals surface area contributed by atoms with Gasteiger partial charge in [0.15, 0.2) is 0 Å². The van der Waals surface area contributed by atoms with Gasteiger partial charge < -0.3 is 15.0 Å². The number of nitrogens with zero attached hydrogens (tertiary/aromatic N) is 3. The lowest BCUT2D eigenvalue weighted by Gasteiger charge is -2.35. The number of methoxy groups -OCH3 is 1. The molecular formula is C26H37FN4O5S. The van der Waals surface area contributed by atoms with E-state index in [9.17, 15) is 22.4 Å². The molecule has 0 heterocycles. The summed E-state index contributed by atoms with van der Waals surface area (Å²) in [6, 6.07) is 11.5. The van der Waals surface area contributed by atoms with Gasteiger partial charge in [-0.25, -0.2) is 8.70 Å². The zero-order chi connectivity index (χ0) is 28.0. The highest BCUT2D eigenvalue weighted by Crippen LogP contribution is 2.24. The Hall–Kier alpha value is -3.18. The van der Waals surface area contributed by atoms with Gasteiger partial charge in [0, 0.05) is 26.2 Å². The van der Waals surface area contributed by atoms with E-state index in [1.165, 1.54) is 44.3 Å². The molecule has 2 amide bonds. The van der Waals surface area contributed by atoms with E-state index in [2.05, 4.69) is 5.32 Å². The first-order valence-electron chi connectivity index (χ1n) is 11.9. The Morgan fingerprint density at radius 3 is 2.27 bits per heavy atom. The van der Waals surface area contributed by atoms with Crippen LogP contribution in [0.2, 0.25) is 0 Å². The molecule has 0 aromatic heterocycles. The molecule has 11 heteroatoms. The van der Waals surface area contributed by atoms with Gasteiger partial charge in [0.05, 0.1) is 12.8 Å². The predicted octanol–water partition coefficient (Wildman–Crippen LogP) is 3.17. The third-order valence-corrected chi connectivity index (χ3v) is 7.32. The maximum Gasteiger partial charge on any atom is 0.304 e. The van der Waals surface area contributed by atoms with E-state index in [4.69, 9.17) is 4.74 Å². The molecular weight excluding hydrogens is 499 g/mol. The number of para-hydroxylation sites is 1. The van der Waals surface area contributed by atoms with Crippen molar-refractivity contribution in [3.8, 4) is 5.75 Å². The van der Waals surface area contributed by atoms with Gasteiger partial charge >= 0.3 is 10.2 Å². The van der Waals surface area contributed by atoms with Crippen molar-refractivity contribution in [1.82, 2.24) is 14.5 Å². The lowest BCUT2D eigenvalue weighted by atomic mass is 10.1. The molecule has 2 aromatic carbocycles. The van der Waals surface area contributed by atoms with E-state index in [0.29, 0.717) is 11.3 Å². The second kappa shape index (κ2) is 12.4. The number of halogens is 1. The van der Waals surface area contributed by atoms with E-state index >= 15 is 0 Å². The lowest BCUT2D eigenvalue weighted by molar-refractivity contribution is -0.141. The molecule has 0 radical (unpaired) electrons. The van der Waals surface area contributed by atoms with Crippen LogP contribution in [-0.2, 0) is 26.3 Å². The zero-order valence-electron chi connectivity index (χ0n) is 22.5. The molecule has 1 unspecified atom stereocenters. The number of rotatable bonds is 11. The standard InChI is InChI=1S/C26H37FN4O5S/c1-8-22(25(33)28-26(2,3)4)30(17-19-12-11-13-20(16-19)36-7)24(32)18-31(37(34,35)29(5)6)23-15-10-9-14-21(23)27/h9-16,22H,8,17-18H2,1-7H3,(H,28,33). The van der Waals surface area contributed by atoms with Crippen molar-refractivity contribution in [1.29, 1.82) is 0 Å². The van der Waals surface area contributed by atoms with Crippen molar-refractivity contribution >= 4 is 27.7 Å². The number of hydrogen-bond acceptors (Lipinski definition) is 5. The Kier molecular flexibility index (Phi) is 10.0. The van der Waals surface area contributed by atoms with E-state index in [1.54, 1.807) is 31.2 Å². The topological polar surface area (TPSA) is 99.3 Å². The zero-order valence-corrected chi connectivity index (χ0v) is 23.3. The number of nitrogens with one attached hydrogen (secondary N) is 1. The molecule has 0 aliphatic heterocycles. The van der Waals surface area contributed by atoms with Gasteiger partial charge in [-0.15, -0.1) is 0 Å². The minimum atomic E-state index is -4.25. The monoisotopic (exact) mass is 536 g/mol. The predicted molar refractivity (Wildman–Crippen MR) is 142 cm³/mol. The van der Waals surface area contributed by atoms with Crippen molar-refractivity contribution in [2.24, 2.45) is 0 Å². The van der Waals surface area contributed by atoms with Crippen molar-refractivity contribution < 1.29 is 27.1 Å². The lowest BCUT2D eigenvalue weighted by Crippen LogP contribution is -2.55. The fourth-order valence-electron chi connectivity index (χ4n) is 3.70. The smallest absolute Gasteiger partial charge is 0.304 e. The third-order valence-electron chi connectivity index (χ3n) is 5.51. The number of amides is 2. The highest BCUT2D eigenvalue weighted by molar-refractivity contribution is 7.90. The quantitative estimate of drug-likeness (QED) is 0.476. The van der Waals surface area contributed by atoms with Gasteiger partial charge in [0.25, 0.3) is 0 Å². The van der Waals surface area contributed by atoms with Gasteiger partial charge in [0.1, 0.15) is 24.2 Å². The Bertz CT molecular complexity index is 1200. The normalized spacial score (nSPS) is 12.7. The summed E-state index contributed by atoms with van der Waals surface area (Å²) in [5, 5.41) is 2.90. The largest absolute Gasteiger partial charge is 0.497 e. The van der Waals surface area contributed by atoms with E-state index in [1.807, 2.05) is 20.8 Å². The van der Waals surface area contributed by atoms with Crippen LogP contribution in [0.5, 0.6) is 5.75 Å². The average Bonchev–Trinajstić information content (AvgIpc) is 2.81. The summed E-state index contributed by atoms with van der Waals surface area (Å²) in [6.45, 7) is 6.56. The molecule has 2 rings (SSSR count). The van der Waals surface area contributed by atoms with Crippen molar-refractivity contribution in [2.45, 2.75) is 52.2 Å². The second-order valence-electron chi connectivity index (χ2n) is 9.78. The van der Waals surface area contributed by atoms with Crippen molar-refractivity contribution in [2.75, 3.05) is 32.1 Å². The van der Waals surface area contributed by atoms with Crippen LogP contribution in [0.25, 0.3) is 0 Å². The minimum Gasteiger partial charge on any atom is -0.497 e. The molecule has 0 bridgehead atoms. The highest BCUT2D eigenvalue weighted by Gasteiger charge is 2.35. The van der Waals surface area contributed by atoms with E-state index in [-0.39, 0.29) is 24.6 Å². The summed E-state index contributed by atoms with van der Waals surface area (Å²) in [7, 11) is -0.132. The van der Waals surface area contributed by atoms with Gasteiger partial charge in [-0.05, 0) is 57.0 Å². The van der Waals surface area contributed by atoms with Crippen molar-refractivity contribution in [3.05, 3.63) is 59.9 Å². The molecule has 1 N–H and O–H groups in total. The van der Waals surface area contributed by atoms with Crippen molar-refractivity contribution in [3.63, 3.8) is 0 Å². The van der Waals surface area contributed by atoms with Gasteiger partial charge in [-0.1, -0.05) is 31.2 Å². The van der Waals surface area contributed by atoms with Crippen LogP contribution < -0.4 is 14.4 Å². The van der Waals surface area contributed by atoms with Gasteiger partial charge in [0.2, 0.25) is 11.8 Å². The molecule has 1 atom stereocenters. The van der Waals surface area contributed by atoms with Crippen LogP contribution in [0.1, 0.15) is 39.7 Å². The highest BCUT2D eigenvalue weighted by atomic mass is 32.2. The summed E-state index contributed by atoms with van der Waals surface area (Å²) in [6.07, 6.45) is 0.276. The van der Waals surface area contributed by atoms with Crippen LogP contribution >= 0.6 is 0 Å². The number of benzene rings is 2. The average molecular weight is 537 g/mol. The number of carbonyl (C=O) groups excluding carboxylic acids is 2. The maximum absolute atomic E-state index is 14.7. The first kappa shape index (κ1) is 30.0. The molecule has 9 nitrogen and oxygen atoms in total. The molecule has 0 aliphatic rings. The number of ether oxygens (including phenoxy) is 1. The second-order valence-corrected chi connectivity index (χ2v) is 11.9. The fourth-order valence-corrected chi connectivity index (χ4v) is 4.76. The molecule has 2 aromatic rings. The number of hydrogen-bond donors (Lipinski definition) is 1. The summed E-state index contributed by atoms with van der Waals surface area (Å²) in [4.78, 5) is 28.4. The third kappa shape index (κ3) is 7.90. The van der Waals surface area contributed by atoms with Gasteiger partial charge in [-0.2, -0.15) is 12.7 Å². The summed E-state index contributed by atoms with van der Waals surface area (Å²) in [5.74, 6) is -1.26. The van der Waals surface area contributed by atoms with Crippen LogP contribution in [0.15, 0.2) is 48.5 Å². The molecule has 0 saturated carbocycles. The SMILES string of the molecule is CCC(C(=O)NC(C)(C)C)N(Cc1cccc(OC)c1)C(=O)CN(c1ccccc1F)S(=O)(=O)N(C)C. The molecule has 0 fully saturated rings. The Balaban J connectivity index is 2.56. The van der Waals surface area contributed by atoms with Crippen LogP contribution in [0.4, 0.5) is 10.1 Å².